The number of benzene rings is 1. The van der Waals surface area contributed by atoms with Crippen LogP contribution in [0.1, 0.15) is 53.7 Å². The average Bonchev–Trinajstić information content (AvgIpc) is 3.28. The molecule has 6 rings (SSSR count). The molecule has 1 aromatic heterocycles. The molecule has 0 radical (unpaired) electrons. The van der Waals surface area contributed by atoms with Crippen LogP contribution in [0.5, 0.6) is 5.75 Å². The zero-order chi connectivity index (χ0) is 26.8. The summed E-state index contributed by atoms with van der Waals surface area (Å²) in [6.45, 7) is 5.92. The molecule has 0 saturated carbocycles. The first kappa shape index (κ1) is 25.8. The second-order valence-electron chi connectivity index (χ2n) is 10.7. The van der Waals surface area contributed by atoms with Crippen molar-refractivity contribution in [1.82, 2.24) is 20.1 Å². The minimum atomic E-state index is -0.613. The molecular formula is C29H35N5O5. The Kier molecular flexibility index (Phi) is 7.47. The Morgan fingerprint density at radius 3 is 2.74 bits per heavy atom. The van der Waals surface area contributed by atoms with Gasteiger partial charge in [-0.15, -0.1) is 0 Å². The molecule has 4 aliphatic rings. The van der Waals surface area contributed by atoms with E-state index in [1.807, 2.05) is 12.1 Å². The maximum absolute atomic E-state index is 13.0. The Morgan fingerprint density at radius 1 is 1.03 bits per heavy atom. The van der Waals surface area contributed by atoms with E-state index >= 15 is 0 Å². The third-order valence-corrected chi connectivity index (χ3v) is 8.18. The SMILES string of the molecule is O=C1CCC(N2Cc3cc(OC[C@H]4CCCCN4Cc4cccc(N5CCOCC5)n4)ccc3C2=O)C(=O)N1. The van der Waals surface area contributed by atoms with Crippen LogP contribution in [-0.4, -0.2) is 84.0 Å². The molecular weight excluding hydrogens is 498 g/mol. The molecule has 5 heterocycles. The number of nitrogens with zero attached hydrogens (tertiary/aromatic N) is 4. The number of ether oxygens (including phenoxy) is 2. The number of anilines is 1. The van der Waals surface area contributed by atoms with E-state index in [1.165, 1.54) is 6.42 Å². The van der Waals surface area contributed by atoms with Gasteiger partial charge in [-0.3, -0.25) is 24.6 Å². The van der Waals surface area contributed by atoms with E-state index in [9.17, 15) is 14.4 Å². The number of hydrogen-bond acceptors (Lipinski definition) is 8. The van der Waals surface area contributed by atoms with Crippen molar-refractivity contribution in [2.45, 2.75) is 57.3 Å². The molecule has 1 unspecified atom stereocenters. The largest absolute Gasteiger partial charge is 0.492 e. The Bertz CT molecular complexity index is 1250. The van der Waals surface area contributed by atoms with Crippen molar-refractivity contribution < 1.29 is 23.9 Å². The van der Waals surface area contributed by atoms with Gasteiger partial charge in [0.05, 0.1) is 18.9 Å². The second kappa shape index (κ2) is 11.3. The van der Waals surface area contributed by atoms with Crippen molar-refractivity contribution in [3.05, 3.63) is 53.2 Å². The molecule has 3 amide bonds. The van der Waals surface area contributed by atoms with E-state index in [0.29, 0.717) is 25.1 Å². The predicted octanol–water partition coefficient (Wildman–Crippen LogP) is 2.11. The van der Waals surface area contributed by atoms with Crippen LogP contribution < -0.4 is 15.0 Å². The summed E-state index contributed by atoms with van der Waals surface area (Å²) < 4.78 is 11.8. The van der Waals surface area contributed by atoms with Crippen molar-refractivity contribution in [2.75, 3.05) is 44.4 Å². The number of hydrogen-bond donors (Lipinski definition) is 1. The lowest BCUT2D eigenvalue weighted by molar-refractivity contribution is -0.136. The third kappa shape index (κ3) is 5.62. The number of imide groups is 1. The standard InChI is InChI=1S/C29H35N5O5/c35-27-10-9-25(28(36)31-27)34-17-20-16-23(7-8-24(20)29(34)37)39-19-22-5-1-2-11-33(22)18-21-4-3-6-26(30-21)32-12-14-38-15-13-32/h3-4,6-8,16,22,25H,1-2,5,9-15,17-19H2,(H,31,35,36)/t22-,25?/m1/s1. The monoisotopic (exact) mass is 533 g/mol. The van der Waals surface area contributed by atoms with Crippen LogP contribution in [0.4, 0.5) is 5.82 Å². The number of likely N-dealkylation sites (tertiary alicyclic amines) is 1. The van der Waals surface area contributed by atoms with E-state index in [-0.39, 0.29) is 24.3 Å². The number of pyridine rings is 1. The van der Waals surface area contributed by atoms with Gasteiger partial charge in [-0.05, 0) is 61.7 Å². The quantitative estimate of drug-likeness (QED) is 0.540. The highest BCUT2D eigenvalue weighted by molar-refractivity contribution is 6.05. The van der Waals surface area contributed by atoms with Crippen molar-refractivity contribution >= 4 is 23.5 Å². The fourth-order valence-corrected chi connectivity index (χ4v) is 6.02. The topological polar surface area (TPSA) is 104 Å². The number of piperidine rings is 2. The first-order chi connectivity index (χ1) is 19.0. The van der Waals surface area contributed by atoms with Gasteiger partial charge in [0.2, 0.25) is 11.8 Å². The first-order valence-electron chi connectivity index (χ1n) is 14.0. The van der Waals surface area contributed by atoms with Crippen LogP contribution in [-0.2, 0) is 27.4 Å². The molecule has 3 fully saturated rings. The fraction of sp³-hybridized carbons (Fsp3) is 0.517. The van der Waals surface area contributed by atoms with Gasteiger partial charge in [-0.25, -0.2) is 4.98 Å². The molecule has 10 heteroatoms. The molecule has 206 valence electrons. The van der Waals surface area contributed by atoms with E-state index in [4.69, 9.17) is 14.5 Å². The summed E-state index contributed by atoms with van der Waals surface area (Å²) in [4.78, 5) is 48.1. The minimum absolute atomic E-state index is 0.170. The smallest absolute Gasteiger partial charge is 0.255 e. The highest BCUT2D eigenvalue weighted by Gasteiger charge is 2.39. The Hall–Kier alpha value is -3.50. The minimum Gasteiger partial charge on any atom is -0.492 e. The van der Waals surface area contributed by atoms with Gasteiger partial charge in [0.1, 0.15) is 24.2 Å². The van der Waals surface area contributed by atoms with Crippen LogP contribution in [0.3, 0.4) is 0 Å². The molecule has 2 aromatic rings. The molecule has 10 nitrogen and oxygen atoms in total. The summed E-state index contributed by atoms with van der Waals surface area (Å²) in [5, 5.41) is 2.35. The molecule has 0 aliphatic carbocycles. The van der Waals surface area contributed by atoms with Crippen LogP contribution in [0.2, 0.25) is 0 Å². The van der Waals surface area contributed by atoms with Crippen molar-refractivity contribution in [3.63, 3.8) is 0 Å². The molecule has 39 heavy (non-hydrogen) atoms. The summed E-state index contributed by atoms with van der Waals surface area (Å²) in [6, 6.07) is 11.5. The normalized spacial score (nSPS) is 24.1. The molecule has 1 aromatic carbocycles. The lowest BCUT2D eigenvalue weighted by atomic mass is 10.0. The Labute approximate surface area is 228 Å². The van der Waals surface area contributed by atoms with Gasteiger partial charge in [-0.1, -0.05) is 12.5 Å². The van der Waals surface area contributed by atoms with Crippen molar-refractivity contribution in [3.8, 4) is 5.75 Å². The highest BCUT2D eigenvalue weighted by atomic mass is 16.5. The molecule has 2 atom stereocenters. The first-order valence-corrected chi connectivity index (χ1v) is 14.0. The zero-order valence-corrected chi connectivity index (χ0v) is 22.1. The van der Waals surface area contributed by atoms with Crippen molar-refractivity contribution in [1.29, 1.82) is 0 Å². The van der Waals surface area contributed by atoms with Crippen LogP contribution >= 0.6 is 0 Å². The summed E-state index contributed by atoms with van der Waals surface area (Å²) in [7, 11) is 0. The van der Waals surface area contributed by atoms with Crippen LogP contribution in [0.25, 0.3) is 0 Å². The third-order valence-electron chi connectivity index (χ3n) is 8.18. The van der Waals surface area contributed by atoms with E-state index in [2.05, 4.69) is 33.3 Å². The van der Waals surface area contributed by atoms with Gasteiger partial charge in [-0.2, -0.15) is 0 Å². The number of carbonyl (C=O) groups excluding carboxylic acids is 3. The van der Waals surface area contributed by atoms with Gasteiger partial charge in [0, 0.05) is 44.2 Å². The summed E-state index contributed by atoms with van der Waals surface area (Å²) in [5.41, 5.74) is 2.51. The maximum Gasteiger partial charge on any atom is 0.255 e. The number of morpholine rings is 1. The summed E-state index contributed by atoms with van der Waals surface area (Å²) >= 11 is 0. The highest BCUT2D eigenvalue weighted by Crippen LogP contribution is 2.31. The number of aromatic nitrogens is 1. The molecule has 4 aliphatic heterocycles. The van der Waals surface area contributed by atoms with Gasteiger partial charge >= 0.3 is 0 Å². The zero-order valence-electron chi connectivity index (χ0n) is 22.1. The molecule has 0 bridgehead atoms. The van der Waals surface area contributed by atoms with Gasteiger partial charge in [0.25, 0.3) is 5.91 Å². The lowest BCUT2D eigenvalue weighted by Gasteiger charge is -2.35. The van der Waals surface area contributed by atoms with E-state index in [0.717, 1.165) is 75.1 Å². The lowest BCUT2D eigenvalue weighted by Crippen LogP contribution is -2.52. The number of nitrogens with one attached hydrogen (secondary N) is 1. The van der Waals surface area contributed by atoms with Crippen LogP contribution in [0, 0.1) is 0 Å². The summed E-state index contributed by atoms with van der Waals surface area (Å²) in [6.07, 6.45) is 4.00. The Morgan fingerprint density at radius 2 is 1.90 bits per heavy atom. The fourth-order valence-electron chi connectivity index (χ4n) is 6.02. The summed E-state index contributed by atoms with van der Waals surface area (Å²) in [5.74, 6) is 0.889. The predicted molar refractivity (Wildman–Crippen MR) is 143 cm³/mol. The van der Waals surface area contributed by atoms with E-state index in [1.54, 1.807) is 11.0 Å². The second-order valence-corrected chi connectivity index (χ2v) is 10.7. The molecule has 3 saturated heterocycles. The van der Waals surface area contributed by atoms with Crippen LogP contribution in [0.15, 0.2) is 36.4 Å². The van der Waals surface area contributed by atoms with E-state index < -0.39 is 11.9 Å². The van der Waals surface area contributed by atoms with Gasteiger partial charge in [0.15, 0.2) is 0 Å². The Balaban J connectivity index is 1.08. The van der Waals surface area contributed by atoms with Gasteiger partial charge < -0.3 is 19.3 Å². The average molecular weight is 534 g/mol. The number of rotatable bonds is 7. The number of amides is 3. The maximum atomic E-state index is 13.0. The van der Waals surface area contributed by atoms with Crippen molar-refractivity contribution in [2.24, 2.45) is 0 Å². The number of carbonyl (C=O) groups is 3. The molecule has 1 N–H and O–H groups in total. The molecule has 0 spiro atoms. The number of fused-ring (bicyclic) bond motifs is 1.